The van der Waals surface area contributed by atoms with Gasteiger partial charge in [0, 0.05) is 0 Å². The molecule has 0 saturated carbocycles. The molecule has 4 nitrogen and oxygen atoms in total. The van der Waals surface area contributed by atoms with E-state index in [0.717, 1.165) is 0 Å². The first-order chi connectivity index (χ1) is 0. The second-order valence-electron chi connectivity index (χ2n) is 0. The Kier molecular flexibility index (Phi) is 1670. The standard InChI is InChI=1S/Co.Ni.4O.Th/q2*+2;4*-2;+4. The van der Waals surface area contributed by atoms with E-state index in [1.807, 2.05) is 0 Å². The molecular formula is CoNiO4Th. The van der Waals surface area contributed by atoms with E-state index >= 15 is 0 Å². The molecule has 0 aliphatic rings. The third kappa shape index (κ3) is 66.2. The maximum absolute atomic E-state index is 0. The van der Waals surface area contributed by atoms with Crippen molar-refractivity contribution in [3.8, 4) is 0 Å². The Hall–Kier alpha value is 2.16. The summed E-state index contributed by atoms with van der Waals surface area (Å²) < 4.78 is 0. The first-order valence-electron chi connectivity index (χ1n) is 0. The van der Waals surface area contributed by atoms with Gasteiger partial charge >= 0.3 is 73.2 Å². The van der Waals surface area contributed by atoms with Gasteiger partial charge in [-0.2, -0.15) is 0 Å². The van der Waals surface area contributed by atoms with E-state index in [1.165, 1.54) is 0 Å². The van der Waals surface area contributed by atoms with Crippen LogP contribution in [-0.2, 0) is 55.2 Å². The molecule has 47 valence electrons. The summed E-state index contributed by atoms with van der Waals surface area (Å²) in [7, 11) is 0. The number of hydrogen-bond acceptors (Lipinski definition) is 0. The number of rotatable bonds is 0. The van der Waals surface area contributed by atoms with Crippen LogP contribution in [0.3, 0.4) is 0 Å². The van der Waals surface area contributed by atoms with E-state index in [4.69, 9.17) is 0 Å². The fraction of sp³-hybridized carbons (Fsp3) is 0. The largest absolute Gasteiger partial charge is 4.00 e. The van der Waals surface area contributed by atoms with Crippen LogP contribution in [-0.4, -0.2) is 0 Å². The summed E-state index contributed by atoms with van der Waals surface area (Å²) in [6.07, 6.45) is 0. The van der Waals surface area contributed by atoms with Crippen LogP contribution in [0.15, 0.2) is 0 Å². The molecule has 0 aliphatic heterocycles. The van der Waals surface area contributed by atoms with Crippen LogP contribution < -0.4 is 0 Å². The van der Waals surface area contributed by atoms with E-state index in [1.54, 1.807) is 0 Å². The summed E-state index contributed by atoms with van der Waals surface area (Å²) in [6, 6.07) is 0. The van der Waals surface area contributed by atoms with Crippen molar-refractivity contribution in [1.82, 2.24) is 0 Å². The van der Waals surface area contributed by atoms with Gasteiger partial charge in [0.1, 0.15) is 0 Å². The van der Waals surface area contributed by atoms with Gasteiger partial charge in [-0.15, -0.1) is 0 Å². The molecule has 7 heteroatoms. The van der Waals surface area contributed by atoms with Crippen molar-refractivity contribution in [1.29, 1.82) is 0 Å². The van der Waals surface area contributed by atoms with E-state index < -0.39 is 0 Å². The average Bonchev–Trinajstić information content (AvgIpc) is 0. The van der Waals surface area contributed by atoms with Gasteiger partial charge in [-0.05, 0) is 0 Å². The van der Waals surface area contributed by atoms with Crippen LogP contribution >= 0.6 is 0 Å². The van der Waals surface area contributed by atoms with Gasteiger partial charge in [-0.25, -0.2) is 0 Å². The number of hydrogen-bond donors (Lipinski definition) is 0. The van der Waals surface area contributed by atoms with Crippen molar-refractivity contribution in [2.45, 2.75) is 0 Å². The first-order valence-corrected chi connectivity index (χ1v) is 0. The van der Waals surface area contributed by atoms with Gasteiger partial charge < -0.3 is 21.9 Å². The molecule has 0 atom stereocenters. The van der Waals surface area contributed by atoms with Crippen LogP contribution in [0.4, 0.5) is 0 Å². The molecule has 0 aliphatic carbocycles. The second kappa shape index (κ2) is 89.4. The monoisotopic (exact) mass is 413 g/mol. The van der Waals surface area contributed by atoms with Crippen molar-refractivity contribution >= 4 is 0 Å². The molecular weight excluding hydrogens is 414 g/mol. The fourth-order valence-corrected chi connectivity index (χ4v) is 0. The summed E-state index contributed by atoms with van der Waals surface area (Å²) in [6.45, 7) is 0. The summed E-state index contributed by atoms with van der Waals surface area (Å²) in [5, 5.41) is 0. The van der Waals surface area contributed by atoms with Gasteiger partial charge in [0.05, 0.1) is 0 Å². The van der Waals surface area contributed by atoms with Crippen LogP contribution in [0, 0.1) is 39.9 Å². The zero-order valence-electron chi connectivity index (χ0n) is 2.78. The van der Waals surface area contributed by atoms with Crippen LogP contribution in [0.2, 0.25) is 0 Å². The molecule has 1 radical (unpaired) electrons. The molecule has 0 rings (SSSR count). The van der Waals surface area contributed by atoms with E-state index in [-0.39, 0.29) is 95.1 Å². The van der Waals surface area contributed by atoms with Gasteiger partial charge in [0.25, 0.3) is 0 Å². The van der Waals surface area contributed by atoms with Crippen molar-refractivity contribution in [2.24, 2.45) is 0 Å². The SMILES string of the molecule is [Co+2].[Ni+2].[O-2].[O-2].[O-2].[O-2].[Th+4]. The van der Waals surface area contributed by atoms with Crippen molar-refractivity contribution in [3.63, 3.8) is 0 Å². The molecule has 0 aromatic heterocycles. The molecule has 0 bridgehead atoms. The summed E-state index contributed by atoms with van der Waals surface area (Å²) >= 11 is 0. The van der Waals surface area contributed by atoms with Gasteiger partial charge in [0.15, 0.2) is 0 Å². The summed E-state index contributed by atoms with van der Waals surface area (Å²) in [4.78, 5) is 0. The summed E-state index contributed by atoms with van der Waals surface area (Å²) in [5.74, 6) is 0. The predicted molar refractivity (Wildman–Crippen MR) is 2.75 cm³/mol. The van der Waals surface area contributed by atoms with Crippen LogP contribution in [0.5, 0.6) is 0 Å². The molecule has 0 fully saturated rings. The minimum absolute atomic E-state index is 0. The molecule has 0 N–H and O–H groups in total. The normalized spacial score (nSPS) is 0. The topological polar surface area (TPSA) is 114 Å². The molecule has 0 aromatic carbocycles. The average molecular weight is 414 g/mol. The molecule has 7 heavy (non-hydrogen) atoms. The fourth-order valence-electron chi connectivity index (χ4n) is 0. The Labute approximate surface area is 93.8 Å². The molecule has 0 amide bonds. The predicted octanol–water partition coefficient (Wildman–Crippen LogP) is -0.480. The maximum atomic E-state index is 0. The van der Waals surface area contributed by atoms with Crippen LogP contribution in [0.25, 0.3) is 0 Å². The Balaban J connectivity index is 0. The summed E-state index contributed by atoms with van der Waals surface area (Å²) in [5.41, 5.74) is 0. The van der Waals surface area contributed by atoms with Gasteiger partial charge in [-0.1, -0.05) is 0 Å². The van der Waals surface area contributed by atoms with Crippen molar-refractivity contribution < 1.29 is 95.1 Å². The third-order valence-corrected chi connectivity index (χ3v) is 0. The maximum Gasteiger partial charge on any atom is 4.00 e. The second-order valence-corrected chi connectivity index (χ2v) is 0. The third-order valence-electron chi connectivity index (χ3n) is 0. The van der Waals surface area contributed by atoms with Crippen molar-refractivity contribution in [2.75, 3.05) is 0 Å². The quantitative estimate of drug-likeness (QED) is 0.477. The first kappa shape index (κ1) is 130. The van der Waals surface area contributed by atoms with E-state index in [9.17, 15) is 0 Å². The Bertz CT molecular complexity index is 11.7. The van der Waals surface area contributed by atoms with E-state index in [2.05, 4.69) is 0 Å². The van der Waals surface area contributed by atoms with E-state index in [0.29, 0.717) is 0 Å². The van der Waals surface area contributed by atoms with Crippen LogP contribution in [0.1, 0.15) is 0 Å². The molecule has 0 saturated heterocycles. The Morgan fingerprint density at radius 2 is 0.571 bits per heavy atom. The smallest absolute Gasteiger partial charge is 2.00 e. The molecule has 0 spiro atoms. The molecule has 0 aromatic rings. The zero-order chi connectivity index (χ0) is 0. The van der Waals surface area contributed by atoms with Gasteiger partial charge in [0.2, 0.25) is 0 Å². The molecule has 0 unspecified atom stereocenters. The Morgan fingerprint density at radius 3 is 0.571 bits per heavy atom. The minimum Gasteiger partial charge on any atom is -2.00 e. The minimum atomic E-state index is 0. The van der Waals surface area contributed by atoms with Crippen molar-refractivity contribution in [3.05, 3.63) is 0 Å². The van der Waals surface area contributed by atoms with Gasteiger partial charge in [-0.3, -0.25) is 0 Å². The Morgan fingerprint density at radius 1 is 0.571 bits per heavy atom. The molecule has 0 heterocycles. The zero-order valence-corrected chi connectivity index (χ0v) is 8.92.